The largest absolute Gasteiger partial charge is 0.339 e. The van der Waals surface area contributed by atoms with E-state index >= 15 is 0 Å². The number of carbonyl (C=O) groups excluding carboxylic acids is 3. The van der Waals surface area contributed by atoms with Crippen LogP contribution in [-0.4, -0.2) is 89.7 Å². The summed E-state index contributed by atoms with van der Waals surface area (Å²) in [6.07, 6.45) is 2.76. The van der Waals surface area contributed by atoms with Gasteiger partial charge in [0.25, 0.3) is 0 Å². The highest BCUT2D eigenvalue weighted by molar-refractivity contribution is 6.35. The Morgan fingerprint density at radius 1 is 0.933 bits per heavy atom. The predicted octanol–water partition coefficient (Wildman–Crippen LogP) is 1.75. The maximum absolute atomic E-state index is 13.6. The molecule has 0 saturated carbocycles. The Morgan fingerprint density at radius 2 is 1.70 bits per heavy atom. The summed E-state index contributed by atoms with van der Waals surface area (Å²) in [5.41, 5.74) is 0.766. The summed E-state index contributed by atoms with van der Waals surface area (Å²) in [7, 11) is 0. The molecule has 1 aromatic rings. The zero-order valence-electron chi connectivity index (χ0n) is 18.3. The van der Waals surface area contributed by atoms with E-state index in [1.807, 2.05) is 35.2 Å². The van der Waals surface area contributed by atoms with Crippen molar-refractivity contribution in [3.63, 3.8) is 0 Å². The molecule has 0 bridgehead atoms. The fourth-order valence-electron chi connectivity index (χ4n) is 4.27. The number of hydrogen-bond donors (Lipinski definition) is 0. The molecule has 1 aromatic carbocycles. The fourth-order valence-corrected chi connectivity index (χ4v) is 4.27. The van der Waals surface area contributed by atoms with Crippen LogP contribution in [0, 0.1) is 0 Å². The Morgan fingerprint density at radius 3 is 2.40 bits per heavy atom. The molecule has 7 nitrogen and oxygen atoms in total. The summed E-state index contributed by atoms with van der Waals surface area (Å²) in [6.45, 7) is 9.76. The molecule has 30 heavy (non-hydrogen) atoms. The first-order chi connectivity index (χ1) is 14.6. The van der Waals surface area contributed by atoms with Gasteiger partial charge in [-0.2, -0.15) is 0 Å². The molecule has 0 unspecified atom stereocenters. The number of benzene rings is 1. The first kappa shape index (κ1) is 22.3. The molecule has 2 aliphatic rings. The highest BCUT2D eigenvalue weighted by atomic mass is 16.2. The van der Waals surface area contributed by atoms with E-state index < -0.39 is 17.9 Å². The molecule has 1 atom stereocenters. The van der Waals surface area contributed by atoms with Gasteiger partial charge in [0.15, 0.2) is 0 Å². The molecule has 164 valence electrons. The maximum Gasteiger partial charge on any atom is 0.313 e. The molecule has 0 aliphatic carbocycles. The van der Waals surface area contributed by atoms with E-state index in [4.69, 9.17) is 0 Å². The topological polar surface area (TPSA) is 64.2 Å². The van der Waals surface area contributed by atoms with Crippen LogP contribution in [-0.2, 0) is 14.4 Å². The lowest BCUT2D eigenvalue weighted by Crippen LogP contribution is -2.57. The van der Waals surface area contributed by atoms with Crippen LogP contribution in [0.15, 0.2) is 30.3 Å². The number of unbranched alkanes of at least 4 members (excludes halogenated alkanes) is 1. The molecular formula is C23H34N4O3. The molecule has 2 saturated heterocycles. The van der Waals surface area contributed by atoms with Gasteiger partial charge >= 0.3 is 11.8 Å². The minimum atomic E-state index is -0.746. The van der Waals surface area contributed by atoms with Crippen molar-refractivity contribution in [3.8, 4) is 0 Å². The van der Waals surface area contributed by atoms with Crippen molar-refractivity contribution in [1.82, 2.24) is 19.6 Å². The van der Waals surface area contributed by atoms with Gasteiger partial charge in [-0.05, 0) is 31.5 Å². The van der Waals surface area contributed by atoms with Gasteiger partial charge in [-0.25, -0.2) is 0 Å². The quantitative estimate of drug-likeness (QED) is 0.638. The monoisotopic (exact) mass is 414 g/mol. The third-order valence-corrected chi connectivity index (χ3v) is 6.13. The van der Waals surface area contributed by atoms with Gasteiger partial charge in [0.1, 0.15) is 6.04 Å². The Hall–Kier alpha value is -2.41. The molecule has 0 N–H and O–H groups in total. The van der Waals surface area contributed by atoms with E-state index in [0.29, 0.717) is 32.7 Å². The number of piperazine rings is 1. The lowest BCUT2D eigenvalue weighted by Gasteiger charge is -2.39. The Balaban J connectivity index is 1.82. The molecule has 7 heteroatoms. The predicted molar refractivity (Wildman–Crippen MR) is 116 cm³/mol. The van der Waals surface area contributed by atoms with Gasteiger partial charge in [-0.1, -0.05) is 50.6 Å². The van der Waals surface area contributed by atoms with Crippen LogP contribution in [0.2, 0.25) is 0 Å². The molecule has 2 aliphatic heterocycles. The second-order valence-corrected chi connectivity index (χ2v) is 8.07. The van der Waals surface area contributed by atoms with Crippen LogP contribution in [0.4, 0.5) is 0 Å². The Bertz CT molecular complexity index is 739. The van der Waals surface area contributed by atoms with Crippen molar-refractivity contribution >= 4 is 17.7 Å². The standard InChI is InChI=1S/C23H34N4O3/c1-3-5-13-26-17-18-27(23(30)22(26)29)20(19-10-7-6-8-11-19)21(28)25-14-9-12-24(4-2)15-16-25/h6-8,10-11,20H,3-5,9,12-18H2,1-2H3/t20-/m0/s1. The second-order valence-electron chi connectivity index (χ2n) is 8.07. The van der Waals surface area contributed by atoms with Crippen molar-refractivity contribution in [1.29, 1.82) is 0 Å². The lowest BCUT2D eigenvalue weighted by atomic mass is 10.0. The van der Waals surface area contributed by atoms with Crippen LogP contribution in [0.5, 0.6) is 0 Å². The number of nitrogens with zero attached hydrogens (tertiary/aromatic N) is 4. The van der Waals surface area contributed by atoms with Crippen LogP contribution in [0.3, 0.4) is 0 Å². The highest BCUT2D eigenvalue weighted by Gasteiger charge is 2.41. The Labute approximate surface area is 179 Å². The number of amides is 3. The second kappa shape index (κ2) is 10.6. The smallest absolute Gasteiger partial charge is 0.313 e. The van der Waals surface area contributed by atoms with Crippen LogP contribution in [0.25, 0.3) is 0 Å². The normalized spacial score (nSPS) is 19.7. The van der Waals surface area contributed by atoms with Gasteiger partial charge in [-0.3, -0.25) is 14.4 Å². The van der Waals surface area contributed by atoms with Crippen molar-refractivity contribution in [2.75, 3.05) is 52.4 Å². The molecular weight excluding hydrogens is 380 g/mol. The summed E-state index contributed by atoms with van der Waals surface area (Å²) in [4.78, 5) is 46.7. The first-order valence-corrected chi connectivity index (χ1v) is 11.2. The van der Waals surface area contributed by atoms with Gasteiger partial charge in [0.2, 0.25) is 5.91 Å². The third-order valence-electron chi connectivity index (χ3n) is 6.13. The van der Waals surface area contributed by atoms with Crippen LogP contribution < -0.4 is 0 Å². The number of rotatable bonds is 7. The minimum Gasteiger partial charge on any atom is -0.339 e. The number of hydrogen-bond acceptors (Lipinski definition) is 4. The summed E-state index contributed by atoms with van der Waals surface area (Å²) >= 11 is 0. The molecule has 0 spiro atoms. The first-order valence-electron chi connectivity index (χ1n) is 11.2. The zero-order valence-corrected chi connectivity index (χ0v) is 18.3. The average molecular weight is 415 g/mol. The van der Waals surface area contributed by atoms with E-state index in [9.17, 15) is 14.4 Å². The van der Waals surface area contributed by atoms with Crippen LogP contribution in [0.1, 0.15) is 44.7 Å². The van der Waals surface area contributed by atoms with Gasteiger partial charge in [0, 0.05) is 39.3 Å². The molecule has 0 aromatic heterocycles. The molecule has 3 amide bonds. The summed E-state index contributed by atoms with van der Waals surface area (Å²) < 4.78 is 0. The van der Waals surface area contributed by atoms with E-state index in [2.05, 4.69) is 18.7 Å². The third kappa shape index (κ3) is 5.01. The number of likely N-dealkylation sites (N-methyl/N-ethyl adjacent to an activating group) is 1. The Kier molecular flexibility index (Phi) is 7.85. The molecule has 2 fully saturated rings. The zero-order chi connectivity index (χ0) is 21.5. The maximum atomic E-state index is 13.6. The molecule has 0 radical (unpaired) electrons. The fraction of sp³-hybridized carbons (Fsp3) is 0.609. The van der Waals surface area contributed by atoms with E-state index in [1.54, 1.807) is 4.90 Å². The molecule has 2 heterocycles. The van der Waals surface area contributed by atoms with E-state index in [1.165, 1.54) is 4.90 Å². The average Bonchev–Trinajstić information content (AvgIpc) is 3.03. The van der Waals surface area contributed by atoms with Crippen molar-refractivity contribution in [3.05, 3.63) is 35.9 Å². The van der Waals surface area contributed by atoms with Gasteiger partial charge in [-0.15, -0.1) is 0 Å². The SMILES string of the molecule is CCCCN1CCN([C@H](C(=O)N2CCCN(CC)CC2)c2ccccc2)C(=O)C1=O. The van der Waals surface area contributed by atoms with Gasteiger partial charge in [0.05, 0.1) is 0 Å². The lowest BCUT2D eigenvalue weighted by molar-refractivity contribution is -0.161. The highest BCUT2D eigenvalue weighted by Crippen LogP contribution is 2.26. The minimum absolute atomic E-state index is 0.0812. The van der Waals surface area contributed by atoms with E-state index in [0.717, 1.165) is 44.5 Å². The van der Waals surface area contributed by atoms with Crippen molar-refractivity contribution < 1.29 is 14.4 Å². The van der Waals surface area contributed by atoms with Crippen LogP contribution >= 0.6 is 0 Å². The summed E-state index contributed by atoms with van der Waals surface area (Å²) in [5, 5.41) is 0. The van der Waals surface area contributed by atoms with Gasteiger partial charge < -0.3 is 19.6 Å². The van der Waals surface area contributed by atoms with Crippen molar-refractivity contribution in [2.45, 2.75) is 39.2 Å². The van der Waals surface area contributed by atoms with E-state index in [-0.39, 0.29) is 5.91 Å². The summed E-state index contributed by atoms with van der Waals surface area (Å²) in [5.74, 6) is -1.14. The van der Waals surface area contributed by atoms with Crippen molar-refractivity contribution in [2.24, 2.45) is 0 Å². The number of carbonyl (C=O) groups is 3. The molecule has 3 rings (SSSR count). The summed E-state index contributed by atoms with van der Waals surface area (Å²) in [6, 6.07) is 8.65.